The van der Waals surface area contributed by atoms with Crippen molar-refractivity contribution < 1.29 is 8.76 Å². The van der Waals surface area contributed by atoms with Gasteiger partial charge in [-0.25, -0.2) is 4.98 Å². The fraction of sp³-hybridized carbons (Fsp3) is 0.450. The molecule has 0 aliphatic heterocycles. The lowest BCUT2D eigenvalue weighted by atomic mass is 10.0. The normalized spacial score (nSPS) is 11.8. The van der Waals surface area contributed by atoms with Crippen LogP contribution in [-0.4, -0.2) is 19.0 Å². The van der Waals surface area contributed by atoms with Crippen molar-refractivity contribution in [2.45, 2.75) is 58.1 Å². The molecule has 26 heavy (non-hydrogen) atoms. The Bertz CT molecular complexity index is 691. The predicted octanol–water partition coefficient (Wildman–Crippen LogP) is 4.72. The fourth-order valence-corrected chi connectivity index (χ4v) is 2.38. The van der Waals surface area contributed by atoms with Crippen LogP contribution in [0.25, 0.3) is 0 Å². The second kappa shape index (κ2) is 12.0. The maximum atomic E-state index is 9.70. The smallest absolute Gasteiger partial charge is 0.131 e. The summed E-state index contributed by atoms with van der Waals surface area (Å²) >= 11 is 3.93. The number of hydrogen-bond donors (Lipinski definition) is 1. The van der Waals surface area contributed by atoms with Crippen molar-refractivity contribution >= 4 is 28.5 Å². The molecule has 4 nitrogen and oxygen atoms in total. The minimum Gasteiger partial charge on any atom is -0.772 e. The van der Waals surface area contributed by atoms with Crippen LogP contribution in [0, 0.1) is 0 Å². The summed E-state index contributed by atoms with van der Waals surface area (Å²) in [5.41, 5.74) is 9.68. The van der Waals surface area contributed by atoms with Gasteiger partial charge in [0.15, 0.2) is 0 Å². The van der Waals surface area contributed by atoms with E-state index in [1.807, 2.05) is 6.07 Å². The molecule has 6 heteroatoms. The molecular formula is C20H28ClN2O2S-. The van der Waals surface area contributed by atoms with Gasteiger partial charge in [0, 0.05) is 5.25 Å². The molecule has 1 aromatic heterocycles. The number of benzene rings is 1. The molecule has 1 aromatic carbocycles. The Morgan fingerprint density at radius 1 is 1.08 bits per heavy atom. The van der Waals surface area contributed by atoms with E-state index in [0.717, 1.165) is 18.4 Å². The number of hydrogen-bond acceptors (Lipinski definition) is 4. The van der Waals surface area contributed by atoms with E-state index in [1.54, 1.807) is 19.9 Å². The summed E-state index contributed by atoms with van der Waals surface area (Å²) in [7, 11) is 0. The van der Waals surface area contributed by atoms with Crippen LogP contribution in [0.4, 0.5) is 5.82 Å². The molecule has 0 aliphatic carbocycles. The van der Waals surface area contributed by atoms with E-state index < -0.39 is 11.1 Å². The van der Waals surface area contributed by atoms with Crippen molar-refractivity contribution in [3.05, 3.63) is 58.2 Å². The zero-order chi connectivity index (χ0) is 19.5. The van der Waals surface area contributed by atoms with Gasteiger partial charge in [0.2, 0.25) is 0 Å². The quantitative estimate of drug-likeness (QED) is 0.543. The second-order valence-corrected chi connectivity index (χ2v) is 8.26. The number of nitrogen functional groups attached to an aromatic ring is 1. The Morgan fingerprint density at radius 2 is 1.62 bits per heavy atom. The van der Waals surface area contributed by atoms with Gasteiger partial charge in [-0.15, -0.1) is 0 Å². The van der Waals surface area contributed by atoms with Crippen LogP contribution in [0.3, 0.4) is 0 Å². The number of nitrogens with two attached hydrogens (primary N) is 1. The third-order valence-electron chi connectivity index (χ3n) is 3.89. The summed E-state index contributed by atoms with van der Waals surface area (Å²) in [5, 5.41) is 0.219. The van der Waals surface area contributed by atoms with Gasteiger partial charge in [0.05, 0.1) is 0 Å². The molecule has 0 aliphatic rings. The average molecular weight is 396 g/mol. The first-order valence-corrected chi connectivity index (χ1v) is 10.4. The van der Waals surface area contributed by atoms with Gasteiger partial charge in [-0.1, -0.05) is 80.2 Å². The van der Waals surface area contributed by atoms with Crippen molar-refractivity contribution in [1.82, 2.24) is 4.98 Å². The maximum Gasteiger partial charge on any atom is 0.131 e. The highest BCUT2D eigenvalue weighted by molar-refractivity contribution is 7.79. The van der Waals surface area contributed by atoms with Gasteiger partial charge in [-0.2, -0.15) is 0 Å². The highest BCUT2D eigenvalue weighted by Crippen LogP contribution is 2.16. The zero-order valence-corrected chi connectivity index (χ0v) is 17.3. The summed E-state index contributed by atoms with van der Waals surface area (Å²) < 4.78 is 19.4. The maximum absolute atomic E-state index is 9.70. The zero-order valence-electron chi connectivity index (χ0n) is 15.7. The van der Waals surface area contributed by atoms with E-state index in [4.69, 9.17) is 17.3 Å². The Morgan fingerprint density at radius 3 is 2.08 bits per heavy atom. The summed E-state index contributed by atoms with van der Waals surface area (Å²) in [5.74, 6) is 0.539. The van der Waals surface area contributed by atoms with Gasteiger partial charge in [-0.05, 0) is 48.4 Å². The van der Waals surface area contributed by atoms with Crippen LogP contribution >= 0.6 is 11.6 Å². The highest BCUT2D eigenvalue weighted by Gasteiger charge is 2.03. The number of anilines is 1. The number of halogens is 1. The van der Waals surface area contributed by atoms with Gasteiger partial charge in [0.1, 0.15) is 11.0 Å². The molecule has 0 saturated carbocycles. The SMILES string of the molecule is CC(C)S(=O)[O-].CCCCc1ccc(CCc2ccc(Cl)nc2N)cc1. The predicted molar refractivity (Wildman–Crippen MR) is 110 cm³/mol. The van der Waals surface area contributed by atoms with Crippen LogP contribution in [0.1, 0.15) is 50.3 Å². The number of aromatic nitrogens is 1. The van der Waals surface area contributed by atoms with E-state index in [0.29, 0.717) is 11.0 Å². The molecule has 1 atom stereocenters. The molecule has 0 bridgehead atoms. The van der Waals surface area contributed by atoms with Crippen LogP contribution in [0.15, 0.2) is 36.4 Å². The van der Waals surface area contributed by atoms with Gasteiger partial charge < -0.3 is 10.3 Å². The molecule has 0 fully saturated rings. The van der Waals surface area contributed by atoms with Crippen molar-refractivity contribution in [2.75, 3.05) is 5.73 Å². The summed E-state index contributed by atoms with van der Waals surface area (Å²) in [4.78, 5) is 4.08. The number of unbranched alkanes of at least 4 members (excludes halogenated alkanes) is 1. The lowest BCUT2D eigenvalue weighted by Crippen LogP contribution is -2.02. The summed E-state index contributed by atoms with van der Waals surface area (Å²) in [6.45, 7) is 5.48. The molecule has 1 heterocycles. The molecule has 0 radical (unpaired) electrons. The van der Waals surface area contributed by atoms with E-state index in [1.165, 1.54) is 30.4 Å². The molecule has 2 aromatic rings. The van der Waals surface area contributed by atoms with E-state index in [9.17, 15) is 8.76 Å². The standard InChI is InChI=1S/C17H21ClN2.C3H8O2S/c1-2-3-4-13-5-7-14(8-6-13)9-10-15-11-12-16(18)20-17(15)19;1-3(2)6(4)5/h5-8,11-12H,2-4,9-10H2,1H3,(H2,19,20);3H,1-2H3,(H,4,5)/p-1. The second-order valence-electron chi connectivity index (χ2n) is 6.41. The lowest BCUT2D eigenvalue weighted by molar-refractivity contribution is 0.528. The topological polar surface area (TPSA) is 79.0 Å². The van der Waals surface area contributed by atoms with Crippen LogP contribution < -0.4 is 5.73 Å². The molecule has 144 valence electrons. The van der Waals surface area contributed by atoms with Crippen LogP contribution in [0.2, 0.25) is 5.15 Å². The first kappa shape index (κ1) is 22.6. The minimum absolute atomic E-state index is 0.231. The van der Waals surface area contributed by atoms with Gasteiger partial charge in [-0.3, -0.25) is 4.21 Å². The van der Waals surface area contributed by atoms with E-state index >= 15 is 0 Å². The Hall–Kier alpha value is -1.43. The molecule has 0 spiro atoms. The number of pyridine rings is 1. The molecular weight excluding hydrogens is 368 g/mol. The molecule has 0 amide bonds. The van der Waals surface area contributed by atoms with Crippen LogP contribution in [0.5, 0.6) is 0 Å². The number of aryl methyl sites for hydroxylation is 3. The number of rotatable bonds is 7. The fourth-order valence-electron chi connectivity index (χ4n) is 2.22. The van der Waals surface area contributed by atoms with Gasteiger partial charge in [0.25, 0.3) is 0 Å². The molecule has 2 N–H and O–H groups in total. The Balaban J connectivity index is 0.000000487. The minimum atomic E-state index is -1.87. The highest BCUT2D eigenvalue weighted by atomic mass is 35.5. The van der Waals surface area contributed by atoms with Crippen molar-refractivity contribution in [3.8, 4) is 0 Å². The first-order valence-electron chi connectivity index (χ1n) is 8.90. The molecule has 0 saturated heterocycles. The van der Waals surface area contributed by atoms with E-state index in [-0.39, 0.29) is 5.25 Å². The summed E-state index contributed by atoms with van der Waals surface area (Å²) in [6.07, 6.45) is 5.54. The van der Waals surface area contributed by atoms with Crippen molar-refractivity contribution in [1.29, 1.82) is 0 Å². The largest absolute Gasteiger partial charge is 0.772 e. The van der Waals surface area contributed by atoms with Crippen molar-refractivity contribution in [2.24, 2.45) is 0 Å². The lowest BCUT2D eigenvalue weighted by Gasteiger charge is -2.06. The average Bonchev–Trinajstić information content (AvgIpc) is 2.60. The molecule has 2 rings (SSSR count). The third-order valence-corrected chi connectivity index (χ3v) is 4.87. The first-order chi connectivity index (χ1) is 12.3. The Labute approximate surface area is 164 Å². The van der Waals surface area contributed by atoms with Gasteiger partial charge >= 0.3 is 0 Å². The third kappa shape index (κ3) is 8.79. The van der Waals surface area contributed by atoms with E-state index in [2.05, 4.69) is 36.2 Å². The van der Waals surface area contributed by atoms with Crippen molar-refractivity contribution in [3.63, 3.8) is 0 Å². The molecule has 1 unspecified atom stereocenters. The number of nitrogens with zero attached hydrogens (tertiary/aromatic N) is 1. The van der Waals surface area contributed by atoms with Crippen LogP contribution in [-0.2, 0) is 30.3 Å². The summed E-state index contributed by atoms with van der Waals surface area (Å²) in [6, 6.07) is 12.6. The Kier molecular flexibility index (Phi) is 10.5. The monoisotopic (exact) mass is 395 g/mol.